The molecule has 1 aromatic heterocycles. The number of hydrogen-bond donors (Lipinski definition) is 1. The van der Waals surface area contributed by atoms with Gasteiger partial charge in [0.05, 0.1) is 32.0 Å². The van der Waals surface area contributed by atoms with Gasteiger partial charge in [-0.25, -0.2) is 0 Å². The summed E-state index contributed by atoms with van der Waals surface area (Å²) >= 11 is 0. The maximum Gasteiger partial charge on any atom is 0.296 e. The summed E-state index contributed by atoms with van der Waals surface area (Å²) in [7, 11) is 3.09. The largest absolute Gasteiger partial charge is 0.507 e. The van der Waals surface area contributed by atoms with Crippen molar-refractivity contribution in [2.45, 2.75) is 12.6 Å². The molecule has 1 amide bonds. The van der Waals surface area contributed by atoms with E-state index in [1.807, 2.05) is 18.2 Å². The van der Waals surface area contributed by atoms with E-state index in [-0.39, 0.29) is 17.9 Å². The van der Waals surface area contributed by atoms with Crippen molar-refractivity contribution in [1.29, 1.82) is 0 Å². The number of pyridine rings is 1. The van der Waals surface area contributed by atoms with Crippen LogP contribution in [-0.2, 0) is 16.1 Å². The molecule has 1 aliphatic heterocycles. The number of benzene rings is 2. The Balaban J connectivity index is 1.84. The Bertz CT molecular complexity index is 1170. The van der Waals surface area contributed by atoms with E-state index in [2.05, 4.69) is 4.98 Å². The molecule has 7 heteroatoms. The molecule has 0 saturated carbocycles. The van der Waals surface area contributed by atoms with Gasteiger partial charge in [0, 0.05) is 17.3 Å². The molecule has 1 N–H and O–H groups in total. The monoisotopic (exact) mass is 430 g/mol. The molecular formula is C25H22N2O5. The van der Waals surface area contributed by atoms with Crippen LogP contribution >= 0.6 is 0 Å². The highest BCUT2D eigenvalue weighted by Crippen LogP contribution is 2.40. The van der Waals surface area contributed by atoms with Gasteiger partial charge in [0.1, 0.15) is 23.3 Å². The number of carbonyl (C=O) groups is 2. The highest BCUT2D eigenvalue weighted by molar-refractivity contribution is 6.46. The van der Waals surface area contributed by atoms with E-state index in [1.165, 1.54) is 4.90 Å². The van der Waals surface area contributed by atoms with Crippen molar-refractivity contribution in [3.63, 3.8) is 0 Å². The molecule has 0 bridgehead atoms. The zero-order chi connectivity index (χ0) is 22.7. The first-order valence-electron chi connectivity index (χ1n) is 10.0. The molecule has 1 atom stereocenters. The first-order valence-corrected chi connectivity index (χ1v) is 10.0. The number of methoxy groups -OCH3 is 2. The minimum Gasteiger partial charge on any atom is -0.507 e. The number of carbonyl (C=O) groups excluding carboxylic acids is 2. The van der Waals surface area contributed by atoms with Gasteiger partial charge < -0.3 is 19.5 Å². The number of nitrogens with zero attached hydrogens (tertiary/aromatic N) is 2. The summed E-state index contributed by atoms with van der Waals surface area (Å²) in [6, 6.07) is 18.3. The molecule has 32 heavy (non-hydrogen) atoms. The lowest BCUT2D eigenvalue weighted by Crippen LogP contribution is -2.29. The average molecular weight is 430 g/mol. The van der Waals surface area contributed by atoms with Crippen molar-refractivity contribution in [3.8, 4) is 11.5 Å². The maximum atomic E-state index is 13.1. The first-order chi connectivity index (χ1) is 15.5. The standard InChI is InChI=1S/C25H22N2O5/c1-31-18-12-10-16(11-13-18)23(28)21-22(19-8-5-6-14-26-19)27(25(30)24(21)29)15-17-7-3-4-9-20(17)32-2/h3-14,22,28H,15H2,1-2H3/b23-21-. The third-order valence-corrected chi connectivity index (χ3v) is 5.40. The number of rotatable bonds is 6. The topological polar surface area (TPSA) is 89.0 Å². The lowest BCUT2D eigenvalue weighted by atomic mass is 9.98. The van der Waals surface area contributed by atoms with Crippen molar-refractivity contribution in [2.24, 2.45) is 0 Å². The van der Waals surface area contributed by atoms with E-state index < -0.39 is 17.7 Å². The molecule has 1 fully saturated rings. The number of ketones is 1. The van der Waals surface area contributed by atoms with Crippen molar-refractivity contribution in [3.05, 3.63) is 95.3 Å². The van der Waals surface area contributed by atoms with E-state index in [0.29, 0.717) is 22.8 Å². The molecule has 4 rings (SSSR count). The van der Waals surface area contributed by atoms with Gasteiger partial charge in [-0.15, -0.1) is 0 Å². The molecule has 2 aromatic carbocycles. The maximum absolute atomic E-state index is 13.1. The van der Waals surface area contributed by atoms with Gasteiger partial charge >= 0.3 is 0 Å². The molecule has 7 nitrogen and oxygen atoms in total. The third kappa shape index (κ3) is 3.80. The third-order valence-electron chi connectivity index (χ3n) is 5.40. The molecule has 1 unspecified atom stereocenters. The second kappa shape index (κ2) is 8.93. The van der Waals surface area contributed by atoms with Gasteiger partial charge in [-0.05, 0) is 42.5 Å². The summed E-state index contributed by atoms with van der Waals surface area (Å²) in [4.78, 5) is 32.0. The Morgan fingerprint density at radius 2 is 1.69 bits per heavy atom. The predicted octanol–water partition coefficient (Wildman–Crippen LogP) is 3.72. The van der Waals surface area contributed by atoms with Crippen LogP contribution in [0.1, 0.15) is 22.9 Å². The van der Waals surface area contributed by atoms with Gasteiger partial charge in [-0.2, -0.15) is 0 Å². The quantitative estimate of drug-likeness (QED) is 0.364. The smallest absolute Gasteiger partial charge is 0.296 e. The number of aliphatic hydroxyl groups excluding tert-OH is 1. The number of aliphatic hydroxyl groups is 1. The van der Waals surface area contributed by atoms with Crippen LogP contribution in [0.15, 0.2) is 78.5 Å². The number of Topliss-reactive ketones (excluding diaryl/α,β-unsaturated/α-hetero) is 1. The van der Waals surface area contributed by atoms with Gasteiger partial charge in [0.25, 0.3) is 11.7 Å². The van der Waals surface area contributed by atoms with Crippen LogP contribution in [0.3, 0.4) is 0 Å². The Morgan fingerprint density at radius 3 is 2.34 bits per heavy atom. The van der Waals surface area contributed by atoms with Gasteiger partial charge in [0.15, 0.2) is 0 Å². The number of amides is 1. The number of aromatic nitrogens is 1. The van der Waals surface area contributed by atoms with Crippen LogP contribution in [0.25, 0.3) is 5.76 Å². The van der Waals surface area contributed by atoms with E-state index in [1.54, 1.807) is 68.9 Å². The minimum absolute atomic E-state index is 0.00577. The van der Waals surface area contributed by atoms with E-state index in [4.69, 9.17) is 9.47 Å². The molecule has 3 aromatic rings. The lowest BCUT2D eigenvalue weighted by molar-refractivity contribution is -0.140. The number of likely N-dealkylation sites (tertiary alicyclic amines) is 1. The zero-order valence-electron chi connectivity index (χ0n) is 17.7. The normalized spacial score (nSPS) is 17.4. The molecule has 0 spiro atoms. The highest BCUT2D eigenvalue weighted by atomic mass is 16.5. The van der Waals surface area contributed by atoms with Crippen LogP contribution < -0.4 is 9.47 Å². The van der Waals surface area contributed by atoms with E-state index >= 15 is 0 Å². The van der Waals surface area contributed by atoms with Crippen LogP contribution in [0.2, 0.25) is 0 Å². The van der Waals surface area contributed by atoms with E-state index in [0.717, 1.165) is 5.56 Å². The Morgan fingerprint density at radius 1 is 0.969 bits per heavy atom. The van der Waals surface area contributed by atoms with Crippen molar-refractivity contribution in [1.82, 2.24) is 9.88 Å². The minimum atomic E-state index is -0.844. The highest BCUT2D eigenvalue weighted by Gasteiger charge is 2.46. The summed E-state index contributed by atoms with van der Waals surface area (Å²) in [5.41, 5.74) is 1.62. The van der Waals surface area contributed by atoms with Gasteiger partial charge in [-0.1, -0.05) is 24.3 Å². The SMILES string of the molecule is COc1ccc(/C(O)=C2/C(=O)C(=O)N(Cc3ccccc3OC)C2c2ccccn2)cc1. The Hall–Kier alpha value is -4.13. The fourth-order valence-electron chi connectivity index (χ4n) is 3.81. The molecule has 0 radical (unpaired) electrons. The lowest BCUT2D eigenvalue weighted by Gasteiger charge is -2.25. The summed E-state index contributed by atoms with van der Waals surface area (Å²) < 4.78 is 10.6. The van der Waals surface area contributed by atoms with Crippen LogP contribution in [-0.4, -0.2) is 40.9 Å². The summed E-state index contributed by atoms with van der Waals surface area (Å²) in [6.45, 7) is 0.120. The Labute approximate surface area is 185 Å². The zero-order valence-corrected chi connectivity index (χ0v) is 17.7. The van der Waals surface area contributed by atoms with Crippen LogP contribution in [0.4, 0.5) is 0 Å². The van der Waals surface area contributed by atoms with Gasteiger partial charge in [-0.3, -0.25) is 14.6 Å². The summed E-state index contributed by atoms with van der Waals surface area (Å²) in [6.07, 6.45) is 1.59. The molecule has 1 saturated heterocycles. The number of hydrogen-bond acceptors (Lipinski definition) is 6. The second-order valence-electron chi connectivity index (χ2n) is 7.22. The predicted molar refractivity (Wildman–Crippen MR) is 118 cm³/mol. The summed E-state index contributed by atoms with van der Waals surface area (Å²) in [5, 5.41) is 11.1. The van der Waals surface area contributed by atoms with Crippen LogP contribution in [0.5, 0.6) is 11.5 Å². The second-order valence-corrected chi connectivity index (χ2v) is 7.22. The van der Waals surface area contributed by atoms with Crippen molar-refractivity contribution >= 4 is 17.4 Å². The fraction of sp³-hybridized carbons (Fsp3) is 0.160. The number of ether oxygens (including phenoxy) is 2. The molecule has 1 aliphatic rings. The fourth-order valence-corrected chi connectivity index (χ4v) is 3.81. The first kappa shape index (κ1) is 21.1. The molecule has 0 aliphatic carbocycles. The molecular weight excluding hydrogens is 408 g/mol. The Kier molecular flexibility index (Phi) is 5.89. The van der Waals surface area contributed by atoms with Crippen molar-refractivity contribution in [2.75, 3.05) is 14.2 Å². The van der Waals surface area contributed by atoms with E-state index in [9.17, 15) is 14.7 Å². The summed E-state index contributed by atoms with van der Waals surface area (Å²) in [5.74, 6) is -0.515. The van der Waals surface area contributed by atoms with Crippen molar-refractivity contribution < 1.29 is 24.2 Å². The average Bonchev–Trinajstić information content (AvgIpc) is 3.09. The number of para-hydroxylation sites is 1. The molecule has 2 heterocycles. The van der Waals surface area contributed by atoms with Crippen LogP contribution in [0, 0.1) is 0 Å². The van der Waals surface area contributed by atoms with Gasteiger partial charge in [0.2, 0.25) is 0 Å². The molecule has 162 valence electrons.